The first kappa shape index (κ1) is 25.7. The number of carbonyl (C=O) groups excluding carboxylic acids is 2. The summed E-state index contributed by atoms with van der Waals surface area (Å²) in [5, 5.41) is 8.07. The molecule has 36 heavy (non-hydrogen) atoms. The molecule has 1 aliphatic heterocycles. The van der Waals surface area contributed by atoms with Gasteiger partial charge in [-0.25, -0.2) is 13.9 Å². The van der Waals surface area contributed by atoms with Crippen LogP contribution in [0.4, 0.5) is 9.18 Å². The number of nitrogens with zero attached hydrogens (tertiary/aromatic N) is 3. The fraction of sp³-hybridized carbons (Fsp3) is 0.370. The highest BCUT2D eigenvalue weighted by Crippen LogP contribution is 2.33. The van der Waals surface area contributed by atoms with Gasteiger partial charge < -0.3 is 15.0 Å². The number of hydrogen-bond acceptors (Lipinski definition) is 4. The van der Waals surface area contributed by atoms with E-state index >= 15 is 0 Å². The van der Waals surface area contributed by atoms with Crippen LogP contribution in [0.2, 0.25) is 5.02 Å². The van der Waals surface area contributed by atoms with Gasteiger partial charge >= 0.3 is 6.09 Å². The van der Waals surface area contributed by atoms with Gasteiger partial charge in [-0.05, 0) is 75.6 Å². The molecule has 7 nitrogen and oxygen atoms in total. The highest BCUT2D eigenvalue weighted by molar-refractivity contribution is 6.30. The van der Waals surface area contributed by atoms with Crippen molar-refractivity contribution in [2.45, 2.75) is 51.7 Å². The van der Waals surface area contributed by atoms with E-state index in [1.54, 1.807) is 40.0 Å². The molecule has 4 rings (SSSR count). The molecule has 0 spiro atoms. The molecule has 0 bridgehead atoms. The Labute approximate surface area is 215 Å². The summed E-state index contributed by atoms with van der Waals surface area (Å²) in [5.41, 5.74) is 2.29. The molecule has 190 valence electrons. The summed E-state index contributed by atoms with van der Waals surface area (Å²) in [7, 11) is 0. The molecular weight excluding hydrogens is 483 g/mol. The predicted molar refractivity (Wildman–Crippen MR) is 136 cm³/mol. The van der Waals surface area contributed by atoms with Crippen LogP contribution < -0.4 is 5.32 Å². The molecule has 0 unspecified atom stereocenters. The van der Waals surface area contributed by atoms with Crippen molar-refractivity contribution in [1.29, 1.82) is 0 Å². The standard InChI is InChI=1S/C27H30ClFN4O3/c1-27(2,3)36-26(35)32-14-12-19(13-15-32)24-23(17-31-33(24)22-10-6-20(28)7-11-22)25(34)30-16-18-4-8-21(29)9-5-18/h4-11,17,19H,12-16H2,1-3H3,(H,30,34). The predicted octanol–water partition coefficient (Wildman–Crippen LogP) is 5.71. The zero-order chi connectivity index (χ0) is 25.9. The third kappa shape index (κ3) is 6.23. The van der Waals surface area contributed by atoms with Gasteiger partial charge in [-0.15, -0.1) is 0 Å². The number of amides is 2. The van der Waals surface area contributed by atoms with Crippen molar-refractivity contribution in [1.82, 2.24) is 20.0 Å². The summed E-state index contributed by atoms with van der Waals surface area (Å²) in [6, 6.07) is 13.3. The van der Waals surface area contributed by atoms with Crippen molar-refractivity contribution >= 4 is 23.6 Å². The highest BCUT2D eigenvalue weighted by atomic mass is 35.5. The Morgan fingerprint density at radius 3 is 2.33 bits per heavy atom. The summed E-state index contributed by atoms with van der Waals surface area (Å²) in [4.78, 5) is 27.5. The second-order valence-corrected chi connectivity index (χ2v) is 10.3. The molecule has 1 aliphatic rings. The number of hydrogen-bond donors (Lipinski definition) is 1. The Bertz CT molecular complexity index is 1210. The number of benzene rings is 2. The van der Waals surface area contributed by atoms with E-state index in [9.17, 15) is 14.0 Å². The van der Waals surface area contributed by atoms with E-state index in [-0.39, 0.29) is 30.3 Å². The fourth-order valence-electron chi connectivity index (χ4n) is 4.26. The van der Waals surface area contributed by atoms with E-state index in [0.717, 1.165) is 16.9 Å². The van der Waals surface area contributed by atoms with E-state index in [1.807, 2.05) is 32.9 Å². The monoisotopic (exact) mass is 512 g/mol. The van der Waals surface area contributed by atoms with Crippen molar-refractivity contribution in [3.05, 3.63) is 82.4 Å². The second-order valence-electron chi connectivity index (χ2n) is 9.88. The van der Waals surface area contributed by atoms with Crippen molar-refractivity contribution < 1.29 is 18.7 Å². The maximum Gasteiger partial charge on any atom is 0.410 e. The van der Waals surface area contributed by atoms with Crippen LogP contribution in [0.3, 0.4) is 0 Å². The zero-order valence-electron chi connectivity index (χ0n) is 20.6. The Morgan fingerprint density at radius 1 is 1.08 bits per heavy atom. The average Bonchev–Trinajstić information content (AvgIpc) is 3.28. The number of piperidine rings is 1. The summed E-state index contributed by atoms with van der Waals surface area (Å²) < 4.78 is 20.5. The molecule has 1 N–H and O–H groups in total. The minimum absolute atomic E-state index is 0.00781. The molecule has 0 saturated carbocycles. The molecule has 1 aromatic heterocycles. The van der Waals surface area contributed by atoms with Crippen LogP contribution in [0.5, 0.6) is 0 Å². The van der Waals surface area contributed by atoms with Gasteiger partial charge in [-0.3, -0.25) is 4.79 Å². The van der Waals surface area contributed by atoms with Crippen molar-refractivity contribution in [3.63, 3.8) is 0 Å². The van der Waals surface area contributed by atoms with E-state index < -0.39 is 5.60 Å². The lowest BCUT2D eigenvalue weighted by molar-refractivity contribution is 0.0203. The van der Waals surface area contributed by atoms with Gasteiger partial charge in [0.2, 0.25) is 0 Å². The lowest BCUT2D eigenvalue weighted by Crippen LogP contribution is -2.41. The molecule has 9 heteroatoms. The molecule has 0 atom stereocenters. The van der Waals surface area contributed by atoms with Crippen molar-refractivity contribution in [2.75, 3.05) is 13.1 Å². The Hall–Kier alpha value is -3.39. The Morgan fingerprint density at radius 2 is 1.72 bits per heavy atom. The first-order chi connectivity index (χ1) is 17.1. The first-order valence-corrected chi connectivity index (χ1v) is 12.3. The SMILES string of the molecule is CC(C)(C)OC(=O)N1CCC(c2c(C(=O)NCc3ccc(F)cc3)cnn2-c2ccc(Cl)cc2)CC1. The van der Waals surface area contributed by atoms with E-state index in [4.69, 9.17) is 16.3 Å². The summed E-state index contributed by atoms with van der Waals surface area (Å²) in [6.45, 7) is 6.84. The third-order valence-corrected chi connectivity index (χ3v) is 6.27. The van der Waals surface area contributed by atoms with Crippen LogP contribution >= 0.6 is 11.6 Å². The Balaban J connectivity index is 1.56. The topological polar surface area (TPSA) is 76.5 Å². The molecule has 2 aromatic carbocycles. The third-order valence-electron chi connectivity index (χ3n) is 6.02. The minimum atomic E-state index is -0.559. The summed E-state index contributed by atoms with van der Waals surface area (Å²) >= 11 is 6.08. The van der Waals surface area contributed by atoms with Crippen LogP contribution in [0.15, 0.2) is 54.7 Å². The van der Waals surface area contributed by atoms with Crippen LogP contribution in [0.1, 0.15) is 61.1 Å². The molecule has 1 saturated heterocycles. The average molecular weight is 513 g/mol. The zero-order valence-corrected chi connectivity index (χ0v) is 21.4. The molecule has 3 aromatic rings. The smallest absolute Gasteiger partial charge is 0.410 e. The lowest BCUT2D eigenvalue weighted by Gasteiger charge is -2.34. The van der Waals surface area contributed by atoms with Crippen LogP contribution in [-0.4, -0.2) is 45.4 Å². The van der Waals surface area contributed by atoms with Crippen LogP contribution in [0, 0.1) is 5.82 Å². The van der Waals surface area contributed by atoms with Gasteiger partial charge in [-0.2, -0.15) is 5.10 Å². The number of halogens is 2. The highest BCUT2D eigenvalue weighted by Gasteiger charge is 2.32. The molecule has 2 amide bonds. The van der Waals surface area contributed by atoms with E-state index in [2.05, 4.69) is 10.4 Å². The molecular formula is C27H30ClFN4O3. The Kier molecular flexibility index (Phi) is 7.64. The fourth-order valence-corrected chi connectivity index (χ4v) is 4.38. The number of rotatable bonds is 5. The molecule has 0 radical (unpaired) electrons. The number of carbonyl (C=O) groups is 2. The maximum absolute atomic E-state index is 13.2. The van der Waals surface area contributed by atoms with Gasteiger partial charge in [0.25, 0.3) is 5.91 Å². The normalized spacial score (nSPS) is 14.5. The van der Waals surface area contributed by atoms with E-state index in [1.165, 1.54) is 12.1 Å². The van der Waals surface area contributed by atoms with Gasteiger partial charge in [0.05, 0.1) is 23.1 Å². The number of nitrogens with one attached hydrogen (secondary N) is 1. The first-order valence-electron chi connectivity index (χ1n) is 11.9. The van der Waals surface area contributed by atoms with Crippen molar-refractivity contribution in [2.24, 2.45) is 0 Å². The van der Waals surface area contributed by atoms with Crippen LogP contribution in [0.25, 0.3) is 5.69 Å². The van der Waals surface area contributed by atoms with Gasteiger partial charge in [0, 0.05) is 30.6 Å². The van der Waals surface area contributed by atoms with Gasteiger partial charge in [0.1, 0.15) is 11.4 Å². The minimum Gasteiger partial charge on any atom is -0.444 e. The van der Waals surface area contributed by atoms with Crippen molar-refractivity contribution in [3.8, 4) is 5.69 Å². The molecule has 0 aliphatic carbocycles. The number of ether oxygens (including phenoxy) is 1. The van der Waals surface area contributed by atoms with Gasteiger partial charge in [-0.1, -0.05) is 23.7 Å². The lowest BCUT2D eigenvalue weighted by atomic mass is 9.91. The largest absolute Gasteiger partial charge is 0.444 e. The summed E-state index contributed by atoms with van der Waals surface area (Å²) in [6.07, 6.45) is 2.57. The van der Waals surface area contributed by atoms with E-state index in [0.29, 0.717) is 36.5 Å². The summed E-state index contributed by atoms with van der Waals surface area (Å²) in [5.74, 6) is -0.577. The quantitative estimate of drug-likeness (QED) is 0.475. The molecule has 2 heterocycles. The second kappa shape index (κ2) is 10.7. The maximum atomic E-state index is 13.2. The van der Waals surface area contributed by atoms with Crippen LogP contribution in [-0.2, 0) is 11.3 Å². The number of aromatic nitrogens is 2. The van der Waals surface area contributed by atoms with Gasteiger partial charge in [0.15, 0.2) is 0 Å². The number of likely N-dealkylation sites (tertiary alicyclic amines) is 1. The molecule has 1 fully saturated rings.